The van der Waals surface area contributed by atoms with Gasteiger partial charge in [-0.25, -0.2) is 9.97 Å². The Bertz CT molecular complexity index is 1020. The van der Waals surface area contributed by atoms with E-state index in [1.54, 1.807) is 11.3 Å². The van der Waals surface area contributed by atoms with Crippen molar-refractivity contribution in [3.63, 3.8) is 0 Å². The van der Waals surface area contributed by atoms with Crippen LogP contribution in [0.15, 0.2) is 34.3 Å². The van der Waals surface area contributed by atoms with Crippen molar-refractivity contribution in [2.24, 2.45) is 5.92 Å². The van der Waals surface area contributed by atoms with Crippen LogP contribution in [0, 0.1) is 12.8 Å². The molecule has 1 atom stereocenters. The SMILES string of the molecule is Cc1cc(-c2cnc(C3CCCN(C(=O)C4CCCC4)C3)nc2-c2cccs2)on1. The molecule has 1 amide bonds. The van der Waals surface area contributed by atoms with Gasteiger partial charge in [0.1, 0.15) is 5.82 Å². The number of amides is 1. The van der Waals surface area contributed by atoms with E-state index in [9.17, 15) is 4.79 Å². The van der Waals surface area contributed by atoms with Gasteiger partial charge in [0, 0.05) is 37.2 Å². The van der Waals surface area contributed by atoms with Crippen molar-refractivity contribution in [3.05, 3.63) is 41.3 Å². The molecule has 7 heteroatoms. The Balaban J connectivity index is 1.44. The van der Waals surface area contributed by atoms with Gasteiger partial charge in [-0.1, -0.05) is 24.1 Å². The van der Waals surface area contributed by atoms with Gasteiger partial charge < -0.3 is 9.42 Å². The summed E-state index contributed by atoms with van der Waals surface area (Å²) in [4.78, 5) is 25.8. The highest BCUT2D eigenvalue weighted by molar-refractivity contribution is 7.13. The number of carbonyl (C=O) groups is 1. The smallest absolute Gasteiger partial charge is 0.225 e. The highest BCUT2D eigenvalue weighted by Gasteiger charge is 2.32. The van der Waals surface area contributed by atoms with Crippen LogP contribution in [-0.4, -0.2) is 39.0 Å². The van der Waals surface area contributed by atoms with Gasteiger partial charge >= 0.3 is 0 Å². The molecule has 0 bridgehead atoms. The fraction of sp³-hybridized carbons (Fsp3) is 0.478. The van der Waals surface area contributed by atoms with Gasteiger partial charge in [-0.2, -0.15) is 0 Å². The maximum Gasteiger partial charge on any atom is 0.225 e. The van der Waals surface area contributed by atoms with Crippen molar-refractivity contribution in [1.29, 1.82) is 0 Å². The second kappa shape index (κ2) is 8.30. The normalized spacial score (nSPS) is 20.0. The molecule has 1 saturated carbocycles. The van der Waals surface area contributed by atoms with Crippen LogP contribution in [0.4, 0.5) is 0 Å². The average Bonchev–Trinajstić information content (AvgIpc) is 3.55. The number of nitrogens with zero attached hydrogens (tertiary/aromatic N) is 4. The van der Waals surface area contributed by atoms with Gasteiger partial charge in [0.05, 0.1) is 21.8 Å². The number of thiophene rings is 1. The van der Waals surface area contributed by atoms with E-state index in [-0.39, 0.29) is 11.8 Å². The van der Waals surface area contributed by atoms with Crippen molar-refractivity contribution in [3.8, 4) is 21.9 Å². The molecule has 0 spiro atoms. The number of rotatable bonds is 4. The standard InChI is InChI=1S/C23H26N4O2S/c1-15-12-19(29-26-15)18-13-24-22(25-21(18)20-9-5-11-30-20)17-8-4-10-27(14-17)23(28)16-6-2-3-7-16/h5,9,11-13,16-17H,2-4,6-8,10,14H2,1H3. The van der Waals surface area contributed by atoms with E-state index in [2.05, 4.69) is 21.5 Å². The Hall–Kier alpha value is -2.54. The summed E-state index contributed by atoms with van der Waals surface area (Å²) < 4.78 is 5.50. The average molecular weight is 423 g/mol. The molecule has 0 radical (unpaired) electrons. The molecule has 1 aliphatic carbocycles. The zero-order valence-corrected chi connectivity index (χ0v) is 18.0. The Morgan fingerprint density at radius 2 is 2.10 bits per heavy atom. The minimum absolute atomic E-state index is 0.174. The summed E-state index contributed by atoms with van der Waals surface area (Å²) in [5.74, 6) is 2.24. The van der Waals surface area contributed by atoms with Gasteiger partial charge in [-0.3, -0.25) is 4.79 Å². The molecular weight excluding hydrogens is 396 g/mol. The van der Waals surface area contributed by atoms with E-state index >= 15 is 0 Å². The Morgan fingerprint density at radius 3 is 2.83 bits per heavy atom. The second-order valence-electron chi connectivity index (χ2n) is 8.41. The summed E-state index contributed by atoms with van der Waals surface area (Å²) in [6.07, 6.45) is 8.33. The summed E-state index contributed by atoms with van der Waals surface area (Å²) in [7, 11) is 0. The molecule has 1 aliphatic heterocycles. The predicted molar refractivity (Wildman–Crippen MR) is 116 cm³/mol. The largest absolute Gasteiger partial charge is 0.356 e. The van der Waals surface area contributed by atoms with E-state index in [0.29, 0.717) is 11.7 Å². The Morgan fingerprint density at radius 1 is 1.23 bits per heavy atom. The van der Waals surface area contributed by atoms with Crippen LogP contribution in [0.2, 0.25) is 0 Å². The van der Waals surface area contributed by atoms with E-state index < -0.39 is 0 Å². The first-order chi connectivity index (χ1) is 14.7. The first-order valence-corrected chi connectivity index (χ1v) is 11.7. The molecule has 1 saturated heterocycles. The van der Waals surface area contributed by atoms with Crippen LogP contribution in [0.3, 0.4) is 0 Å². The van der Waals surface area contributed by atoms with E-state index in [0.717, 1.165) is 66.4 Å². The number of likely N-dealkylation sites (tertiary alicyclic amines) is 1. The lowest BCUT2D eigenvalue weighted by Crippen LogP contribution is -2.42. The fourth-order valence-electron chi connectivity index (χ4n) is 4.68. The third-order valence-corrected chi connectivity index (χ3v) is 7.13. The topological polar surface area (TPSA) is 72.1 Å². The van der Waals surface area contributed by atoms with Crippen LogP contribution in [0.1, 0.15) is 56.0 Å². The Labute approximate surface area is 180 Å². The fourth-order valence-corrected chi connectivity index (χ4v) is 5.41. The lowest BCUT2D eigenvalue weighted by molar-refractivity contribution is -0.136. The number of carbonyl (C=O) groups excluding carboxylic acids is 1. The molecule has 1 unspecified atom stereocenters. The summed E-state index contributed by atoms with van der Waals surface area (Å²) in [6.45, 7) is 3.49. The number of aromatic nitrogens is 3. The molecule has 4 heterocycles. The summed E-state index contributed by atoms with van der Waals surface area (Å²) in [5, 5.41) is 6.07. The quantitative estimate of drug-likeness (QED) is 0.587. The lowest BCUT2D eigenvalue weighted by atomic mass is 9.95. The first kappa shape index (κ1) is 19.4. The monoisotopic (exact) mass is 422 g/mol. The molecule has 0 N–H and O–H groups in total. The molecule has 6 nitrogen and oxygen atoms in total. The highest BCUT2D eigenvalue weighted by Crippen LogP contribution is 2.36. The molecule has 2 fully saturated rings. The third kappa shape index (κ3) is 3.78. The van der Waals surface area contributed by atoms with Gasteiger partial charge in [0.15, 0.2) is 5.76 Å². The second-order valence-corrected chi connectivity index (χ2v) is 9.35. The number of aryl methyl sites for hydroxylation is 1. The minimum atomic E-state index is 0.174. The van der Waals surface area contributed by atoms with Crippen molar-refractivity contribution in [2.45, 2.75) is 51.4 Å². The van der Waals surface area contributed by atoms with E-state index in [1.807, 2.05) is 25.3 Å². The summed E-state index contributed by atoms with van der Waals surface area (Å²) in [6, 6.07) is 6.01. The van der Waals surface area contributed by atoms with Crippen LogP contribution in [0.25, 0.3) is 21.9 Å². The zero-order chi connectivity index (χ0) is 20.5. The molecule has 5 rings (SSSR count). The number of hydrogen-bond donors (Lipinski definition) is 0. The number of hydrogen-bond acceptors (Lipinski definition) is 6. The minimum Gasteiger partial charge on any atom is -0.356 e. The third-order valence-electron chi connectivity index (χ3n) is 6.26. The van der Waals surface area contributed by atoms with Crippen molar-refractivity contribution in [2.75, 3.05) is 13.1 Å². The molecule has 3 aromatic rings. The summed E-state index contributed by atoms with van der Waals surface area (Å²) >= 11 is 1.65. The van der Waals surface area contributed by atoms with E-state index in [4.69, 9.17) is 14.5 Å². The van der Waals surface area contributed by atoms with E-state index in [1.165, 1.54) is 12.8 Å². The molecule has 30 heavy (non-hydrogen) atoms. The Kier molecular flexibility index (Phi) is 5.37. The van der Waals surface area contributed by atoms with Crippen LogP contribution in [0.5, 0.6) is 0 Å². The molecule has 0 aromatic carbocycles. The van der Waals surface area contributed by atoms with Crippen LogP contribution < -0.4 is 0 Å². The molecule has 156 valence electrons. The van der Waals surface area contributed by atoms with Crippen molar-refractivity contribution < 1.29 is 9.32 Å². The van der Waals surface area contributed by atoms with Gasteiger partial charge in [-0.15, -0.1) is 11.3 Å². The zero-order valence-electron chi connectivity index (χ0n) is 17.2. The molecule has 3 aromatic heterocycles. The van der Waals surface area contributed by atoms with Crippen LogP contribution in [-0.2, 0) is 4.79 Å². The van der Waals surface area contributed by atoms with Crippen molar-refractivity contribution in [1.82, 2.24) is 20.0 Å². The van der Waals surface area contributed by atoms with Crippen LogP contribution >= 0.6 is 11.3 Å². The molecular formula is C23H26N4O2S. The first-order valence-electron chi connectivity index (χ1n) is 10.8. The van der Waals surface area contributed by atoms with Gasteiger partial charge in [0.25, 0.3) is 0 Å². The summed E-state index contributed by atoms with van der Waals surface area (Å²) in [5.41, 5.74) is 2.57. The maximum absolute atomic E-state index is 12.9. The number of piperidine rings is 1. The maximum atomic E-state index is 12.9. The van der Waals surface area contributed by atoms with Crippen molar-refractivity contribution >= 4 is 17.2 Å². The molecule has 2 aliphatic rings. The van der Waals surface area contributed by atoms with Gasteiger partial charge in [0.2, 0.25) is 5.91 Å². The van der Waals surface area contributed by atoms with Gasteiger partial charge in [-0.05, 0) is 44.1 Å². The lowest BCUT2D eigenvalue weighted by Gasteiger charge is -2.33. The highest BCUT2D eigenvalue weighted by atomic mass is 32.1. The predicted octanol–water partition coefficient (Wildman–Crippen LogP) is 5.06.